The van der Waals surface area contributed by atoms with E-state index in [9.17, 15) is 4.79 Å². The van der Waals surface area contributed by atoms with Gasteiger partial charge in [0.1, 0.15) is 12.4 Å². The lowest BCUT2D eigenvalue weighted by molar-refractivity contribution is 0.0947. The number of carbonyl (C=O) groups excluding carboxylic acids is 1. The van der Waals surface area contributed by atoms with Crippen molar-refractivity contribution in [2.24, 2.45) is 0 Å². The first-order chi connectivity index (χ1) is 9.66. The van der Waals surface area contributed by atoms with E-state index < -0.39 is 0 Å². The second kappa shape index (κ2) is 7.50. The SMILES string of the molecule is O=C(NCCOc1ccccc1Cl)c1cccc(I)c1. The zero-order valence-electron chi connectivity index (χ0n) is 10.6. The zero-order chi connectivity index (χ0) is 14.4. The molecule has 3 nitrogen and oxygen atoms in total. The molecule has 2 aromatic carbocycles. The van der Waals surface area contributed by atoms with Crippen molar-refractivity contribution < 1.29 is 9.53 Å². The van der Waals surface area contributed by atoms with Crippen LogP contribution in [0.1, 0.15) is 10.4 Å². The molecule has 1 N–H and O–H groups in total. The summed E-state index contributed by atoms with van der Waals surface area (Å²) < 4.78 is 6.53. The molecule has 2 rings (SSSR count). The second-order valence-electron chi connectivity index (χ2n) is 4.05. The molecule has 0 spiro atoms. The molecule has 0 aliphatic heterocycles. The minimum atomic E-state index is -0.105. The summed E-state index contributed by atoms with van der Waals surface area (Å²) >= 11 is 8.14. The maximum absolute atomic E-state index is 11.9. The molecule has 2 aromatic rings. The van der Waals surface area contributed by atoms with Crippen molar-refractivity contribution >= 4 is 40.1 Å². The first kappa shape index (κ1) is 15.1. The number of hydrogen-bond acceptors (Lipinski definition) is 2. The van der Waals surface area contributed by atoms with Crippen LogP contribution in [0.2, 0.25) is 5.02 Å². The monoisotopic (exact) mass is 401 g/mol. The summed E-state index contributed by atoms with van der Waals surface area (Å²) in [5.41, 5.74) is 0.648. The molecule has 0 heterocycles. The van der Waals surface area contributed by atoms with Crippen LogP contribution in [0.25, 0.3) is 0 Å². The van der Waals surface area contributed by atoms with Crippen molar-refractivity contribution in [1.82, 2.24) is 5.32 Å². The van der Waals surface area contributed by atoms with E-state index in [4.69, 9.17) is 16.3 Å². The van der Waals surface area contributed by atoms with Gasteiger partial charge in [0.2, 0.25) is 0 Å². The molecule has 20 heavy (non-hydrogen) atoms. The van der Waals surface area contributed by atoms with Gasteiger partial charge >= 0.3 is 0 Å². The van der Waals surface area contributed by atoms with Crippen molar-refractivity contribution in [3.8, 4) is 5.75 Å². The third-order valence-electron chi connectivity index (χ3n) is 2.57. The van der Waals surface area contributed by atoms with Gasteiger partial charge in [-0.1, -0.05) is 29.8 Å². The molecule has 0 saturated heterocycles. The molecular formula is C15H13ClINO2. The summed E-state index contributed by atoms with van der Waals surface area (Å²) in [6.45, 7) is 0.801. The van der Waals surface area contributed by atoms with Crippen LogP contribution < -0.4 is 10.1 Å². The topological polar surface area (TPSA) is 38.3 Å². The number of benzene rings is 2. The number of para-hydroxylation sites is 1. The fraction of sp³-hybridized carbons (Fsp3) is 0.133. The molecule has 5 heteroatoms. The molecular weight excluding hydrogens is 389 g/mol. The predicted octanol–water partition coefficient (Wildman–Crippen LogP) is 3.75. The standard InChI is InChI=1S/C15H13ClINO2/c16-13-6-1-2-7-14(13)20-9-8-18-15(19)11-4-3-5-12(17)10-11/h1-7,10H,8-9H2,(H,18,19). The Morgan fingerprint density at radius 3 is 2.75 bits per heavy atom. The lowest BCUT2D eigenvalue weighted by Crippen LogP contribution is -2.28. The van der Waals surface area contributed by atoms with Crippen molar-refractivity contribution in [1.29, 1.82) is 0 Å². The van der Waals surface area contributed by atoms with E-state index in [2.05, 4.69) is 27.9 Å². The van der Waals surface area contributed by atoms with Crippen molar-refractivity contribution in [2.45, 2.75) is 0 Å². The minimum Gasteiger partial charge on any atom is -0.490 e. The molecule has 1 amide bonds. The van der Waals surface area contributed by atoms with E-state index in [1.54, 1.807) is 18.2 Å². The Hall–Kier alpha value is -1.27. The van der Waals surface area contributed by atoms with E-state index in [1.807, 2.05) is 30.3 Å². The van der Waals surface area contributed by atoms with Crippen LogP contribution in [-0.2, 0) is 0 Å². The molecule has 0 aliphatic rings. The van der Waals surface area contributed by atoms with Crippen molar-refractivity contribution in [3.05, 3.63) is 62.7 Å². The highest BCUT2D eigenvalue weighted by atomic mass is 127. The zero-order valence-corrected chi connectivity index (χ0v) is 13.5. The number of halogens is 2. The second-order valence-corrected chi connectivity index (χ2v) is 5.70. The average Bonchev–Trinajstić information content (AvgIpc) is 2.45. The average molecular weight is 402 g/mol. The van der Waals surface area contributed by atoms with Gasteiger partial charge in [0.15, 0.2) is 0 Å². The van der Waals surface area contributed by atoms with Gasteiger partial charge in [-0.05, 0) is 52.9 Å². The van der Waals surface area contributed by atoms with Gasteiger partial charge in [-0.15, -0.1) is 0 Å². The van der Waals surface area contributed by atoms with E-state index in [-0.39, 0.29) is 5.91 Å². The summed E-state index contributed by atoms with van der Waals surface area (Å²) in [5.74, 6) is 0.518. The number of hydrogen-bond donors (Lipinski definition) is 1. The Morgan fingerprint density at radius 1 is 1.20 bits per heavy atom. The number of amides is 1. The van der Waals surface area contributed by atoms with Crippen molar-refractivity contribution in [2.75, 3.05) is 13.2 Å². The molecule has 0 aliphatic carbocycles. The lowest BCUT2D eigenvalue weighted by atomic mass is 10.2. The normalized spacial score (nSPS) is 10.1. The van der Waals surface area contributed by atoms with Crippen LogP contribution in [0.3, 0.4) is 0 Å². The quantitative estimate of drug-likeness (QED) is 0.612. The van der Waals surface area contributed by atoms with Gasteiger partial charge < -0.3 is 10.1 Å². The fourth-order valence-electron chi connectivity index (χ4n) is 1.62. The van der Waals surface area contributed by atoms with E-state index in [1.165, 1.54) is 0 Å². The van der Waals surface area contributed by atoms with Gasteiger partial charge in [0.25, 0.3) is 5.91 Å². The third-order valence-corrected chi connectivity index (χ3v) is 3.55. The van der Waals surface area contributed by atoms with E-state index in [0.717, 1.165) is 3.57 Å². The molecule has 0 saturated carbocycles. The maximum Gasteiger partial charge on any atom is 0.251 e. The summed E-state index contributed by atoms with van der Waals surface area (Å²) in [5, 5.41) is 3.37. The number of carbonyl (C=O) groups is 1. The highest BCUT2D eigenvalue weighted by molar-refractivity contribution is 14.1. The predicted molar refractivity (Wildman–Crippen MR) is 88.4 cm³/mol. The van der Waals surface area contributed by atoms with Gasteiger partial charge in [-0.3, -0.25) is 4.79 Å². The Kier molecular flexibility index (Phi) is 5.67. The van der Waals surface area contributed by atoms with Gasteiger partial charge in [-0.25, -0.2) is 0 Å². The first-order valence-corrected chi connectivity index (χ1v) is 7.53. The molecule has 0 fully saturated rings. The molecule has 0 unspecified atom stereocenters. The van der Waals surface area contributed by atoms with Gasteiger partial charge in [0, 0.05) is 9.13 Å². The van der Waals surface area contributed by atoms with Crippen molar-refractivity contribution in [3.63, 3.8) is 0 Å². The third kappa shape index (κ3) is 4.38. The van der Waals surface area contributed by atoms with E-state index in [0.29, 0.717) is 29.5 Å². The highest BCUT2D eigenvalue weighted by Gasteiger charge is 2.05. The molecule has 104 valence electrons. The largest absolute Gasteiger partial charge is 0.490 e. The summed E-state index contributed by atoms with van der Waals surface area (Å²) in [4.78, 5) is 11.9. The minimum absolute atomic E-state index is 0.105. The Labute approximate surface area is 136 Å². The summed E-state index contributed by atoms with van der Waals surface area (Å²) in [6, 6.07) is 14.7. The Bertz CT molecular complexity index is 604. The van der Waals surface area contributed by atoms with Crippen LogP contribution >= 0.6 is 34.2 Å². The highest BCUT2D eigenvalue weighted by Crippen LogP contribution is 2.22. The molecule has 0 atom stereocenters. The molecule has 0 bridgehead atoms. The van der Waals surface area contributed by atoms with E-state index >= 15 is 0 Å². The van der Waals surface area contributed by atoms with Gasteiger partial charge in [-0.2, -0.15) is 0 Å². The Morgan fingerprint density at radius 2 is 2.00 bits per heavy atom. The smallest absolute Gasteiger partial charge is 0.251 e. The van der Waals surface area contributed by atoms with Crippen LogP contribution in [-0.4, -0.2) is 19.1 Å². The lowest BCUT2D eigenvalue weighted by Gasteiger charge is -2.09. The maximum atomic E-state index is 11.9. The first-order valence-electron chi connectivity index (χ1n) is 6.08. The van der Waals surface area contributed by atoms with Crippen LogP contribution in [0.4, 0.5) is 0 Å². The van der Waals surface area contributed by atoms with Gasteiger partial charge in [0.05, 0.1) is 11.6 Å². The van der Waals surface area contributed by atoms with Crippen LogP contribution in [0.5, 0.6) is 5.75 Å². The summed E-state index contributed by atoms with van der Waals surface area (Å²) in [7, 11) is 0. The fourth-order valence-corrected chi connectivity index (χ4v) is 2.35. The molecule has 0 radical (unpaired) electrons. The molecule has 0 aromatic heterocycles. The van der Waals surface area contributed by atoms with Crippen LogP contribution in [0.15, 0.2) is 48.5 Å². The number of ether oxygens (including phenoxy) is 1. The number of nitrogens with one attached hydrogen (secondary N) is 1. The Balaban J connectivity index is 1.79. The number of rotatable bonds is 5. The van der Waals surface area contributed by atoms with Crippen LogP contribution in [0, 0.1) is 3.57 Å². The summed E-state index contributed by atoms with van der Waals surface area (Å²) in [6.07, 6.45) is 0.